The van der Waals surface area contributed by atoms with Gasteiger partial charge in [-0.05, 0) is 112 Å². The van der Waals surface area contributed by atoms with E-state index in [1.807, 2.05) is 9.13 Å². The van der Waals surface area contributed by atoms with Crippen LogP contribution >= 0.6 is 0 Å². The number of halogens is 2. The van der Waals surface area contributed by atoms with Crippen molar-refractivity contribution in [2.24, 2.45) is 25.9 Å². The summed E-state index contributed by atoms with van der Waals surface area (Å²) < 4.78 is 160. The van der Waals surface area contributed by atoms with E-state index in [1.54, 1.807) is 38.4 Å². The first-order chi connectivity index (χ1) is 40.8. The van der Waals surface area contributed by atoms with Crippen LogP contribution in [0.3, 0.4) is 0 Å². The van der Waals surface area contributed by atoms with Gasteiger partial charge in [-0.1, -0.05) is 10.4 Å². The molecular weight excluding hydrogens is 1070 g/mol. The Morgan fingerprint density at radius 2 is 1.00 bits per heavy atom. The average Bonchev–Trinajstić information content (AvgIpc) is 1.59. The molecule has 0 amide bonds. The van der Waals surface area contributed by atoms with Crippen LogP contribution in [0.4, 0.5) is 8.78 Å². The number of hydrogen-bond donors (Lipinski definition) is 0. The molecule has 2 aliphatic heterocycles. The van der Waals surface area contributed by atoms with Crippen LogP contribution in [0.5, 0.6) is 11.5 Å². The Morgan fingerprint density at radius 3 is 1.35 bits per heavy atom. The first kappa shape index (κ1) is 47.1. The molecule has 10 heterocycles. The van der Waals surface area contributed by atoms with Gasteiger partial charge in [-0.15, -0.1) is 10.2 Å². The Hall–Kier alpha value is -7.80. The van der Waals surface area contributed by atoms with Crippen molar-refractivity contribution in [3.8, 4) is 34.0 Å². The summed E-state index contributed by atoms with van der Waals surface area (Å²) in [5.74, 6) is -0.733. The minimum atomic E-state index is -3.68. The van der Waals surface area contributed by atoms with Crippen LogP contribution in [0.15, 0.2) is 95.2 Å². The van der Waals surface area contributed by atoms with Gasteiger partial charge in [0, 0.05) is 97.2 Å². The number of fused-ring (bicyclic) bond motifs is 6. The zero-order chi connectivity index (χ0) is 61.4. The predicted molar refractivity (Wildman–Crippen MR) is 295 cm³/mol. The van der Waals surface area contributed by atoms with Crippen molar-refractivity contribution in [3.63, 3.8) is 0 Å². The number of ether oxygens (including phenoxy) is 4. The molecule has 2 aromatic carbocycles. The predicted octanol–water partition coefficient (Wildman–Crippen LogP) is 8.51. The van der Waals surface area contributed by atoms with Crippen LogP contribution < -0.4 is 9.47 Å². The molecule has 0 radical (unpaired) electrons. The van der Waals surface area contributed by atoms with E-state index in [2.05, 4.69) is 30.6 Å². The number of nitrogens with zero attached hydrogens (tertiary/aromatic N) is 12. The number of pyridine rings is 4. The van der Waals surface area contributed by atoms with Crippen molar-refractivity contribution in [1.29, 1.82) is 0 Å². The lowest BCUT2D eigenvalue weighted by Crippen LogP contribution is -2.28. The van der Waals surface area contributed by atoms with Gasteiger partial charge in [0.1, 0.15) is 23.1 Å². The van der Waals surface area contributed by atoms with Crippen LogP contribution in [-0.4, -0.2) is 129 Å². The molecule has 0 N–H and O–H groups in total. The average molecular weight is 1140 g/mol. The second kappa shape index (κ2) is 21.3. The summed E-state index contributed by atoms with van der Waals surface area (Å²) in [5, 5.41) is 16.8. The van der Waals surface area contributed by atoms with Gasteiger partial charge in [-0.3, -0.25) is 19.9 Å². The van der Waals surface area contributed by atoms with Crippen molar-refractivity contribution < 1.29 is 52.8 Å². The van der Waals surface area contributed by atoms with Gasteiger partial charge in [0.2, 0.25) is 0 Å². The second-order valence-electron chi connectivity index (χ2n) is 19.9. The molecule has 2 saturated heterocycles. The highest BCUT2D eigenvalue weighted by Crippen LogP contribution is 2.47. The number of methoxy groups -OCH3 is 2. The number of benzene rings is 2. The zero-order valence-electron chi connectivity index (χ0n) is 50.3. The quantitative estimate of drug-likeness (QED) is 0.112. The van der Waals surface area contributed by atoms with Crippen molar-refractivity contribution >= 4 is 63.5 Å². The lowest BCUT2D eigenvalue weighted by Gasteiger charge is -2.32. The van der Waals surface area contributed by atoms with Gasteiger partial charge in [-0.2, -0.15) is 0 Å². The van der Waals surface area contributed by atoms with Crippen LogP contribution in [0.1, 0.15) is 68.8 Å². The van der Waals surface area contributed by atoms with Crippen molar-refractivity contribution in [1.82, 2.24) is 59.1 Å². The summed E-state index contributed by atoms with van der Waals surface area (Å²) in [6.07, 6.45) is 10.7. The largest absolute Gasteiger partial charge is 0.496 e. The number of hydrogen-bond acceptors (Lipinski definition) is 16. The van der Waals surface area contributed by atoms with Crippen LogP contribution in [0.25, 0.3) is 66.4 Å². The van der Waals surface area contributed by atoms with Crippen molar-refractivity contribution in [3.05, 3.63) is 120 Å². The van der Waals surface area contributed by atoms with Crippen molar-refractivity contribution in [2.45, 2.75) is 61.3 Å². The standard InChI is InChI=1S/2C28H29FN6O4S/c2*1-16-27(34(2)33-32-16)18-12-22-26(31-15-18)24-21(13-19(40(4,36)37)14-23(24)38-3)35(22)28(17-7-10-39-11-8-17)25-20(29)6-5-9-30-25/h2*5-6,9,12-15,17,28H,7-8,10-11H2,1-4H3/i2*1D3. The lowest BCUT2D eigenvalue weighted by molar-refractivity contribution is 0.0542. The molecule has 12 rings (SSSR count). The first-order valence-corrected chi connectivity index (χ1v) is 29.2. The number of sulfone groups is 2. The first-order valence-electron chi connectivity index (χ1n) is 28.4. The summed E-state index contributed by atoms with van der Waals surface area (Å²) in [7, 11) is -1.30. The molecule has 20 nitrogen and oxygen atoms in total. The van der Waals surface area contributed by atoms with Crippen molar-refractivity contribution in [2.75, 3.05) is 53.2 Å². The molecule has 2 unspecified atom stereocenters. The molecule has 416 valence electrons. The van der Waals surface area contributed by atoms with Gasteiger partial charge in [-0.25, -0.2) is 35.0 Å². The van der Waals surface area contributed by atoms with Crippen LogP contribution in [0, 0.1) is 37.2 Å². The highest BCUT2D eigenvalue weighted by Gasteiger charge is 2.36. The third-order valence-electron chi connectivity index (χ3n) is 15.0. The fourth-order valence-corrected chi connectivity index (χ4v) is 12.6. The van der Waals surface area contributed by atoms with Gasteiger partial charge in [0.05, 0.1) is 114 Å². The third kappa shape index (κ3) is 9.70. The highest BCUT2D eigenvalue weighted by molar-refractivity contribution is 7.91. The van der Waals surface area contributed by atoms with Crippen LogP contribution in [-0.2, 0) is 43.2 Å². The molecule has 0 spiro atoms. The molecule has 8 aromatic heterocycles. The maximum atomic E-state index is 15.6. The van der Waals surface area contributed by atoms with Gasteiger partial charge >= 0.3 is 0 Å². The summed E-state index contributed by atoms with van der Waals surface area (Å²) in [5.41, 5.74) is 4.22. The Morgan fingerprint density at radius 1 is 0.600 bits per heavy atom. The fourth-order valence-electron chi connectivity index (χ4n) is 11.3. The molecule has 2 fully saturated rings. The molecule has 2 aliphatic rings. The molecule has 24 heteroatoms. The Kier molecular flexibility index (Phi) is 12.6. The normalized spacial score (nSPS) is 17.1. The zero-order valence-corrected chi connectivity index (χ0v) is 45.9. The van der Waals surface area contributed by atoms with E-state index in [0.29, 0.717) is 107 Å². The summed E-state index contributed by atoms with van der Waals surface area (Å²) in [6, 6.07) is 13.8. The van der Waals surface area contributed by atoms with Crippen LogP contribution in [0.2, 0.25) is 0 Å². The van der Waals surface area contributed by atoms with E-state index in [9.17, 15) is 16.8 Å². The molecule has 80 heavy (non-hydrogen) atoms. The molecule has 0 bridgehead atoms. The SMILES string of the molecule is [2H]C([2H])([2H])c1nnn(C)c1-c1cnc2c3c(OC)cc(S(C)(=O)=O)cc3n(C(c3ncccc3F)C3CCOCC3)c2c1.[2H]C([2H])([2H])c1nnn(C)c1-c1cnc2c3c(OC)cc(S(C)(=O)=O)cc3n(C(c3ncccc3F)C3CCOCC3)c2c1. The smallest absolute Gasteiger partial charge is 0.175 e. The maximum Gasteiger partial charge on any atom is 0.175 e. The Bertz CT molecular complexity index is 4220. The second-order valence-corrected chi connectivity index (χ2v) is 23.9. The lowest BCUT2D eigenvalue weighted by atomic mass is 9.88. The van der Waals surface area contributed by atoms with Gasteiger partial charge in [0.25, 0.3) is 0 Å². The Balaban J connectivity index is 0.000000179. The minimum Gasteiger partial charge on any atom is -0.496 e. The third-order valence-corrected chi connectivity index (χ3v) is 17.2. The number of aromatic nitrogens is 12. The summed E-state index contributed by atoms with van der Waals surface area (Å²) in [4.78, 5) is 18.5. The maximum absolute atomic E-state index is 15.6. The monoisotopic (exact) mass is 1130 g/mol. The highest BCUT2D eigenvalue weighted by atomic mass is 32.2. The topological polar surface area (TPSA) is 228 Å². The van der Waals surface area contributed by atoms with E-state index in [1.165, 1.54) is 84.8 Å². The molecule has 2 atom stereocenters. The number of rotatable bonds is 12. The van der Waals surface area contributed by atoms with E-state index in [0.717, 1.165) is 12.5 Å². The Labute approximate surface area is 468 Å². The van der Waals surface area contributed by atoms with Gasteiger partial charge < -0.3 is 28.1 Å². The van der Waals surface area contributed by atoms with Gasteiger partial charge in [0.15, 0.2) is 19.7 Å². The van der Waals surface area contributed by atoms with E-state index in [-0.39, 0.29) is 67.3 Å². The summed E-state index contributed by atoms with van der Waals surface area (Å²) in [6.45, 7) is -3.21. The molecule has 0 aliphatic carbocycles. The van der Waals surface area contributed by atoms with E-state index >= 15 is 8.78 Å². The summed E-state index contributed by atoms with van der Waals surface area (Å²) >= 11 is 0. The number of aryl methyl sites for hydroxylation is 4. The molecule has 10 aromatic rings. The minimum absolute atomic E-state index is 0.0221. The molecular formula is C56H58F2N12O8S2. The fraction of sp³-hybridized carbons (Fsp3) is 0.357. The van der Waals surface area contributed by atoms with E-state index in [4.69, 9.17) is 37.1 Å². The van der Waals surface area contributed by atoms with E-state index < -0.39 is 57.1 Å². The molecule has 0 saturated carbocycles.